The summed E-state index contributed by atoms with van der Waals surface area (Å²) in [5, 5.41) is 10.7. The van der Waals surface area contributed by atoms with Gasteiger partial charge in [0.25, 0.3) is 0 Å². The third-order valence-corrected chi connectivity index (χ3v) is 9.77. The van der Waals surface area contributed by atoms with Crippen LogP contribution in [0.25, 0.3) is 22.6 Å². The van der Waals surface area contributed by atoms with E-state index in [-0.39, 0.29) is 41.3 Å². The lowest BCUT2D eigenvalue weighted by atomic mass is 9.59. The Kier molecular flexibility index (Phi) is 6.22. The van der Waals surface area contributed by atoms with Gasteiger partial charge in [-0.1, -0.05) is 29.8 Å². The molecule has 4 atom stereocenters. The number of hydrogen-bond donors (Lipinski definition) is 1. The minimum atomic E-state index is -0.706. The molecular weight excluding hydrogens is 584 g/mol. The summed E-state index contributed by atoms with van der Waals surface area (Å²) in [5.74, 6) is -2.94. The van der Waals surface area contributed by atoms with Gasteiger partial charge in [0, 0.05) is 28.2 Å². The standard InChI is InChI=1S/C37H28N2O7/c1-18-15-27(40)25-17-24-22(31(33(25)34(18)42)20-9-14-30(45-2)28(41)16-20)12-13-23-32(24)37(44)39(36(23)43)21-10-7-19(8-11-21)35-38-26-5-3-4-6-29(26)46-35/h3-12,14-16,23-24,31-32,41H,13,17H2,1-2H3/t23-,24+,31-,32-/m0/s1. The number of methoxy groups -OCH3 is 1. The lowest BCUT2D eigenvalue weighted by Gasteiger charge is -2.42. The van der Waals surface area contributed by atoms with E-state index in [2.05, 4.69) is 4.98 Å². The molecule has 2 amide bonds. The van der Waals surface area contributed by atoms with Gasteiger partial charge < -0.3 is 14.3 Å². The van der Waals surface area contributed by atoms with Crippen molar-refractivity contribution < 1.29 is 33.4 Å². The molecule has 1 fully saturated rings. The summed E-state index contributed by atoms with van der Waals surface area (Å²) in [7, 11) is 1.45. The second kappa shape index (κ2) is 10.2. The van der Waals surface area contributed by atoms with Crippen LogP contribution in [0.5, 0.6) is 11.5 Å². The third kappa shape index (κ3) is 4.04. The molecule has 9 nitrogen and oxygen atoms in total. The first-order valence-electron chi connectivity index (χ1n) is 15.2. The molecule has 0 saturated carbocycles. The van der Waals surface area contributed by atoms with Crippen molar-refractivity contribution in [3.8, 4) is 23.0 Å². The SMILES string of the molecule is COc1ccc([C@H]2C3=CC[C@@H]4C(=O)N(c5ccc(-c6nc7ccccc7o6)cc5)C(=O)[C@@H]4[C@@H]3CC3=C2C(=O)C(C)=CC3=O)cc1O. The van der Waals surface area contributed by atoms with Crippen LogP contribution in [0.1, 0.15) is 31.2 Å². The number of anilines is 1. The number of imide groups is 1. The number of para-hydroxylation sites is 2. The number of benzene rings is 3. The van der Waals surface area contributed by atoms with E-state index in [1.165, 1.54) is 18.1 Å². The molecule has 4 aromatic rings. The number of oxazole rings is 1. The molecule has 3 aliphatic carbocycles. The molecule has 46 heavy (non-hydrogen) atoms. The van der Waals surface area contributed by atoms with Crippen molar-refractivity contribution in [2.24, 2.45) is 17.8 Å². The van der Waals surface area contributed by atoms with Crippen LogP contribution in [0, 0.1) is 17.8 Å². The first kappa shape index (κ1) is 27.9. The summed E-state index contributed by atoms with van der Waals surface area (Å²) in [6.07, 6.45) is 3.80. The van der Waals surface area contributed by atoms with Crippen molar-refractivity contribution in [2.45, 2.75) is 25.7 Å². The molecule has 1 N–H and O–H groups in total. The summed E-state index contributed by atoms with van der Waals surface area (Å²) < 4.78 is 11.1. The third-order valence-electron chi connectivity index (χ3n) is 9.77. The van der Waals surface area contributed by atoms with Gasteiger partial charge in [-0.05, 0) is 85.9 Å². The van der Waals surface area contributed by atoms with Gasteiger partial charge in [0.05, 0.1) is 24.6 Å². The molecule has 0 spiro atoms. The van der Waals surface area contributed by atoms with E-state index in [1.807, 2.05) is 30.3 Å². The highest BCUT2D eigenvalue weighted by Crippen LogP contribution is 2.56. The van der Waals surface area contributed by atoms with Crippen LogP contribution in [0.4, 0.5) is 5.69 Å². The van der Waals surface area contributed by atoms with E-state index in [0.717, 1.165) is 11.1 Å². The molecule has 1 aromatic heterocycles. The number of hydrogen-bond acceptors (Lipinski definition) is 8. The molecule has 4 aliphatic rings. The Balaban J connectivity index is 1.16. The summed E-state index contributed by atoms with van der Waals surface area (Å²) >= 11 is 0. The fourth-order valence-corrected chi connectivity index (χ4v) is 7.63. The van der Waals surface area contributed by atoms with Crippen molar-refractivity contribution in [3.05, 3.63) is 107 Å². The molecule has 228 valence electrons. The minimum absolute atomic E-state index is 0.0972. The number of aromatic nitrogens is 1. The second-order valence-electron chi connectivity index (χ2n) is 12.2. The van der Waals surface area contributed by atoms with Crippen LogP contribution >= 0.6 is 0 Å². The number of ketones is 2. The van der Waals surface area contributed by atoms with Crippen LogP contribution in [0.2, 0.25) is 0 Å². The Labute approximate surface area is 263 Å². The summed E-state index contributed by atoms with van der Waals surface area (Å²) in [6.45, 7) is 1.62. The first-order chi connectivity index (χ1) is 22.2. The number of nitrogens with zero attached hydrogens (tertiary/aromatic N) is 2. The smallest absolute Gasteiger partial charge is 0.238 e. The number of phenols is 1. The van der Waals surface area contributed by atoms with Crippen LogP contribution in [0.3, 0.4) is 0 Å². The van der Waals surface area contributed by atoms with Gasteiger partial charge in [0.15, 0.2) is 28.6 Å². The van der Waals surface area contributed by atoms with E-state index in [9.17, 15) is 24.3 Å². The number of fused-ring (bicyclic) bond motifs is 4. The van der Waals surface area contributed by atoms with Crippen molar-refractivity contribution >= 4 is 40.2 Å². The predicted octanol–water partition coefficient (Wildman–Crippen LogP) is 5.84. The van der Waals surface area contributed by atoms with E-state index in [0.29, 0.717) is 51.4 Å². The maximum absolute atomic E-state index is 14.2. The maximum Gasteiger partial charge on any atom is 0.238 e. The summed E-state index contributed by atoms with van der Waals surface area (Å²) in [4.78, 5) is 60.9. The van der Waals surface area contributed by atoms with Gasteiger partial charge in [0.2, 0.25) is 17.7 Å². The van der Waals surface area contributed by atoms with Gasteiger partial charge in [-0.25, -0.2) is 4.98 Å². The normalized spacial score (nSPS) is 24.1. The van der Waals surface area contributed by atoms with Crippen molar-refractivity contribution in [3.63, 3.8) is 0 Å². The lowest BCUT2D eigenvalue weighted by molar-refractivity contribution is -0.123. The predicted molar refractivity (Wildman–Crippen MR) is 168 cm³/mol. The molecule has 8 rings (SSSR count). The molecule has 1 aliphatic heterocycles. The Morgan fingerprint density at radius 2 is 1.74 bits per heavy atom. The Bertz CT molecular complexity index is 2080. The molecular formula is C37H28N2O7. The van der Waals surface area contributed by atoms with Crippen molar-refractivity contribution in [2.75, 3.05) is 12.0 Å². The van der Waals surface area contributed by atoms with Crippen molar-refractivity contribution in [1.82, 2.24) is 4.98 Å². The fraction of sp³-hybridized carbons (Fsp3) is 0.216. The zero-order chi connectivity index (χ0) is 31.9. The average molecular weight is 613 g/mol. The number of rotatable bonds is 4. The number of Topliss-reactive ketones (excluding diaryl/α,β-unsaturated/α-hetero) is 1. The van der Waals surface area contributed by atoms with Crippen LogP contribution in [0.15, 0.2) is 106 Å². The number of phenolic OH excluding ortho intramolecular Hbond substituents is 1. The van der Waals surface area contributed by atoms with Gasteiger partial charge in [-0.2, -0.15) is 0 Å². The number of amides is 2. The number of carbonyl (C=O) groups is 4. The quantitative estimate of drug-likeness (QED) is 0.173. The van der Waals surface area contributed by atoms with E-state index in [4.69, 9.17) is 9.15 Å². The molecule has 0 radical (unpaired) electrons. The molecule has 3 aromatic carbocycles. The van der Waals surface area contributed by atoms with E-state index in [1.54, 1.807) is 49.4 Å². The van der Waals surface area contributed by atoms with E-state index < -0.39 is 23.7 Å². The Hall–Kier alpha value is -5.57. The molecule has 2 heterocycles. The fourth-order valence-electron chi connectivity index (χ4n) is 7.63. The highest BCUT2D eigenvalue weighted by Gasteiger charge is 2.56. The van der Waals surface area contributed by atoms with Gasteiger partial charge in [-0.15, -0.1) is 0 Å². The zero-order valence-corrected chi connectivity index (χ0v) is 25.0. The molecule has 9 heteroatoms. The van der Waals surface area contributed by atoms with Crippen molar-refractivity contribution in [1.29, 1.82) is 0 Å². The highest BCUT2D eigenvalue weighted by molar-refractivity contribution is 6.25. The van der Waals surface area contributed by atoms with Gasteiger partial charge in [0.1, 0.15) is 5.52 Å². The minimum Gasteiger partial charge on any atom is -0.504 e. The number of aromatic hydroxyl groups is 1. The number of carbonyl (C=O) groups excluding carboxylic acids is 4. The molecule has 1 saturated heterocycles. The largest absolute Gasteiger partial charge is 0.504 e. The number of ether oxygens (including phenoxy) is 1. The number of allylic oxidation sites excluding steroid dienone is 6. The van der Waals surface area contributed by atoms with E-state index >= 15 is 0 Å². The van der Waals surface area contributed by atoms with Crippen LogP contribution in [-0.2, 0) is 19.2 Å². The molecule has 0 bridgehead atoms. The van der Waals surface area contributed by atoms with Gasteiger partial charge >= 0.3 is 0 Å². The molecule has 0 unspecified atom stereocenters. The Morgan fingerprint density at radius 1 is 0.957 bits per heavy atom. The average Bonchev–Trinajstić information content (AvgIpc) is 3.61. The maximum atomic E-state index is 14.2. The highest BCUT2D eigenvalue weighted by atomic mass is 16.5. The Morgan fingerprint density at radius 3 is 2.48 bits per heavy atom. The first-order valence-corrected chi connectivity index (χ1v) is 15.2. The van der Waals surface area contributed by atoms with Gasteiger partial charge in [-0.3, -0.25) is 24.1 Å². The van der Waals surface area contributed by atoms with Crippen LogP contribution < -0.4 is 9.64 Å². The second-order valence-corrected chi connectivity index (χ2v) is 12.2. The summed E-state index contributed by atoms with van der Waals surface area (Å²) in [6, 6.07) is 19.4. The van der Waals surface area contributed by atoms with Crippen LogP contribution in [-0.4, -0.2) is 40.6 Å². The lowest BCUT2D eigenvalue weighted by Crippen LogP contribution is -2.39. The zero-order valence-electron chi connectivity index (χ0n) is 25.0. The monoisotopic (exact) mass is 612 g/mol. The summed E-state index contributed by atoms with van der Waals surface area (Å²) in [5.41, 5.74) is 5.06. The topological polar surface area (TPSA) is 127 Å².